The van der Waals surface area contributed by atoms with E-state index in [4.69, 9.17) is 5.73 Å². The van der Waals surface area contributed by atoms with Gasteiger partial charge in [0.25, 0.3) is 0 Å². The first-order valence-electron chi connectivity index (χ1n) is 7.02. The topological polar surface area (TPSA) is 48.0 Å². The molecule has 1 aromatic carbocycles. The third-order valence-electron chi connectivity index (χ3n) is 3.86. The molecule has 1 amide bonds. The van der Waals surface area contributed by atoms with E-state index in [0.717, 1.165) is 12.8 Å². The van der Waals surface area contributed by atoms with Gasteiger partial charge in [-0.1, -0.05) is 12.1 Å². The smallest absolute Gasteiger partial charge is 0.248 e. The molecule has 2 N–H and O–H groups in total. The maximum Gasteiger partial charge on any atom is 0.248 e. The fourth-order valence-electron chi connectivity index (χ4n) is 2.72. The minimum Gasteiger partial charge on any atom is -0.366 e. The van der Waals surface area contributed by atoms with Crippen molar-refractivity contribution in [1.82, 2.24) is 4.57 Å². The molecule has 3 nitrogen and oxygen atoms in total. The van der Waals surface area contributed by atoms with Gasteiger partial charge in [0.1, 0.15) is 0 Å². The number of carbonyl (C=O) groups excluding carboxylic acids is 1. The van der Waals surface area contributed by atoms with Crippen LogP contribution in [0.15, 0.2) is 36.4 Å². The highest BCUT2D eigenvalue weighted by atomic mass is 16.1. The van der Waals surface area contributed by atoms with Gasteiger partial charge in [0.15, 0.2) is 0 Å². The van der Waals surface area contributed by atoms with Gasteiger partial charge in [0, 0.05) is 23.0 Å². The van der Waals surface area contributed by atoms with Crippen molar-refractivity contribution in [2.24, 2.45) is 5.73 Å². The van der Waals surface area contributed by atoms with Crippen molar-refractivity contribution in [2.45, 2.75) is 39.7 Å². The number of aryl methyl sites for hydroxylation is 3. The molecule has 0 saturated carbocycles. The molecule has 0 unspecified atom stereocenters. The number of hydrogen-bond donors (Lipinski definition) is 1. The maximum atomic E-state index is 11.0. The number of carbonyl (C=O) groups is 1. The van der Waals surface area contributed by atoms with Crippen LogP contribution < -0.4 is 5.73 Å². The van der Waals surface area contributed by atoms with E-state index in [0.29, 0.717) is 11.6 Å². The predicted molar refractivity (Wildman–Crippen MR) is 81.9 cm³/mol. The van der Waals surface area contributed by atoms with Gasteiger partial charge < -0.3 is 10.3 Å². The second-order valence-corrected chi connectivity index (χ2v) is 5.43. The van der Waals surface area contributed by atoms with Crippen LogP contribution in [0.5, 0.6) is 0 Å². The number of amides is 1. The summed E-state index contributed by atoms with van der Waals surface area (Å²) in [5, 5.41) is 0. The summed E-state index contributed by atoms with van der Waals surface area (Å²) in [5.74, 6) is -0.372. The van der Waals surface area contributed by atoms with Crippen LogP contribution in [0.4, 0.5) is 0 Å². The second-order valence-electron chi connectivity index (χ2n) is 5.43. The van der Waals surface area contributed by atoms with Crippen LogP contribution in [0.3, 0.4) is 0 Å². The van der Waals surface area contributed by atoms with E-state index in [2.05, 4.69) is 37.5 Å². The molecule has 2 rings (SSSR count). The molecular formula is C17H22N2O. The minimum atomic E-state index is -0.372. The summed E-state index contributed by atoms with van der Waals surface area (Å²) >= 11 is 0. The van der Waals surface area contributed by atoms with Crippen LogP contribution in [-0.4, -0.2) is 10.5 Å². The molecule has 0 radical (unpaired) electrons. The Morgan fingerprint density at radius 2 is 1.65 bits per heavy atom. The summed E-state index contributed by atoms with van der Waals surface area (Å²) in [5.41, 5.74) is 9.66. The second kappa shape index (κ2) is 5.95. The molecule has 0 bridgehead atoms. The van der Waals surface area contributed by atoms with Gasteiger partial charge in [-0.15, -0.1) is 0 Å². The molecule has 106 valence electrons. The van der Waals surface area contributed by atoms with Crippen molar-refractivity contribution in [3.8, 4) is 0 Å². The monoisotopic (exact) mass is 270 g/mol. The molecule has 0 fully saturated rings. The summed E-state index contributed by atoms with van der Waals surface area (Å²) in [7, 11) is 0. The highest BCUT2D eigenvalue weighted by Gasteiger charge is 2.09. The Hall–Kier alpha value is -2.03. The first kappa shape index (κ1) is 14.4. The van der Waals surface area contributed by atoms with E-state index in [1.54, 1.807) is 12.1 Å². The summed E-state index contributed by atoms with van der Waals surface area (Å²) in [4.78, 5) is 11.0. The number of hydrogen-bond acceptors (Lipinski definition) is 1. The lowest BCUT2D eigenvalue weighted by Crippen LogP contribution is -2.11. The zero-order valence-electron chi connectivity index (χ0n) is 12.4. The van der Waals surface area contributed by atoms with Crippen LogP contribution in [0, 0.1) is 13.8 Å². The molecule has 3 heteroatoms. The molecule has 0 aliphatic rings. The van der Waals surface area contributed by atoms with Gasteiger partial charge in [-0.3, -0.25) is 4.79 Å². The molecule has 0 aliphatic heterocycles. The lowest BCUT2D eigenvalue weighted by Gasteiger charge is -2.18. The first-order chi connectivity index (χ1) is 9.49. The van der Waals surface area contributed by atoms with Gasteiger partial charge in [0.2, 0.25) is 5.91 Å². The number of benzene rings is 1. The Morgan fingerprint density at radius 1 is 1.10 bits per heavy atom. The lowest BCUT2D eigenvalue weighted by atomic mass is 10.0. The molecular weight excluding hydrogens is 248 g/mol. The Morgan fingerprint density at radius 3 is 2.15 bits per heavy atom. The molecule has 1 atom stereocenters. The Balaban J connectivity index is 2.00. The standard InChI is InChI=1S/C17H22N2O/c1-12-4-5-13(2)19(12)14(3)6-7-15-8-10-16(11-9-15)17(18)20/h4-5,8-11,14H,6-7H2,1-3H3,(H2,18,20)/t14-/m1/s1. The van der Waals surface area contributed by atoms with E-state index in [9.17, 15) is 4.79 Å². The number of nitrogens with zero attached hydrogens (tertiary/aromatic N) is 1. The van der Waals surface area contributed by atoms with Crippen LogP contribution in [-0.2, 0) is 6.42 Å². The van der Waals surface area contributed by atoms with Crippen LogP contribution in [0.1, 0.15) is 46.7 Å². The van der Waals surface area contributed by atoms with Gasteiger partial charge in [0.05, 0.1) is 0 Å². The Bertz CT molecular complexity index is 576. The fourth-order valence-corrected chi connectivity index (χ4v) is 2.72. The van der Waals surface area contributed by atoms with Crippen molar-refractivity contribution >= 4 is 5.91 Å². The normalized spacial score (nSPS) is 12.3. The SMILES string of the molecule is Cc1ccc(C)n1[C@H](C)CCc1ccc(C(N)=O)cc1. The zero-order valence-corrected chi connectivity index (χ0v) is 12.4. The summed E-state index contributed by atoms with van der Waals surface area (Å²) in [6.07, 6.45) is 2.07. The minimum absolute atomic E-state index is 0.372. The number of aromatic nitrogens is 1. The number of nitrogens with two attached hydrogens (primary N) is 1. The van der Waals surface area contributed by atoms with Crippen LogP contribution in [0.25, 0.3) is 0 Å². The first-order valence-corrected chi connectivity index (χ1v) is 7.02. The third kappa shape index (κ3) is 3.10. The lowest BCUT2D eigenvalue weighted by molar-refractivity contribution is 0.100. The Kier molecular flexibility index (Phi) is 4.28. The summed E-state index contributed by atoms with van der Waals surface area (Å²) in [6, 6.07) is 12.4. The third-order valence-corrected chi connectivity index (χ3v) is 3.86. The van der Waals surface area contributed by atoms with Crippen molar-refractivity contribution < 1.29 is 4.79 Å². The maximum absolute atomic E-state index is 11.0. The molecule has 0 aliphatic carbocycles. The summed E-state index contributed by atoms with van der Waals surface area (Å²) in [6.45, 7) is 6.54. The average Bonchev–Trinajstić information content (AvgIpc) is 2.76. The zero-order chi connectivity index (χ0) is 14.7. The highest BCUT2D eigenvalue weighted by Crippen LogP contribution is 2.20. The molecule has 0 saturated heterocycles. The number of primary amides is 1. The predicted octanol–water partition coefficient (Wildman–Crippen LogP) is 3.40. The van der Waals surface area contributed by atoms with Gasteiger partial charge in [-0.25, -0.2) is 0 Å². The van der Waals surface area contributed by atoms with E-state index >= 15 is 0 Å². The largest absolute Gasteiger partial charge is 0.366 e. The Labute approximate surface area is 120 Å². The highest BCUT2D eigenvalue weighted by molar-refractivity contribution is 5.92. The van der Waals surface area contributed by atoms with Gasteiger partial charge in [-0.05, 0) is 63.4 Å². The number of rotatable bonds is 5. The van der Waals surface area contributed by atoms with Crippen LogP contribution in [0.2, 0.25) is 0 Å². The van der Waals surface area contributed by atoms with E-state index < -0.39 is 0 Å². The van der Waals surface area contributed by atoms with Gasteiger partial charge >= 0.3 is 0 Å². The van der Waals surface area contributed by atoms with Crippen molar-refractivity contribution in [3.05, 3.63) is 58.9 Å². The van der Waals surface area contributed by atoms with Gasteiger partial charge in [-0.2, -0.15) is 0 Å². The van der Waals surface area contributed by atoms with E-state index in [-0.39, 0.29) is 5.91 Å². The molecule has 1 aromatic heterocycles. The molecule has 1 heterocycles. The van der Waals surface area contributed by atoms with E-state index in [1.165, 1.54) is 17.0 Å². The average molecular weight is 270 g/mol. The molecule has 0 spiro atoms. The molecule has 20 heavy (non-hydrogen) atoms. The van der Waals surface area contributed by atoms with Crippen molar-refractivity contribution in [3.63, 3.8) is 0 Å². The van der Waals surface area contributed by atoms with E-state index in [1.807, 2.05) is 12.1 Å². The quantitative estimate of drug-likeness (QED) is 0.889. The molecule has 2 aromatic rings. The van der Waals surface area contributed by atoms with Crippen LogP contribution >= 0.6 is 0 Å². The fraction of sp³-hybridized carbons (Fsp3) is 0.353. The van der Waals surface area contributed by atoms with Crippen molar-refractivity contribution in [1.29, 1.82) is 0 Å². The summed E-state index contributed by atoms with van der Waals surface area (Å²) < 4.78 is 2.37. The van der Waals surface area contributed by atoms with Crippen molar-refractivity contribution in [2.75, 3.05) is 0 Å².